The molecule has 284 valence electrons. The number of imidazole rings is 2. The number of piperidine rings is 1. The maximum Gasteiger partial charge on any atom is 0.416 e. The summed E-state index contributed by atoms with van der Waals surface area (Å²) >= 11 is 12.4. The van der Waals surface area contributed by atoms with Crippen LogP contribution < -0.4 is 20.6 Å². The Bertz CT molecular complexity index is 2520. The molecule has 1 unspecified atom stereocenters. The van der Waals surface area contributed by atoms with Gasteiger partial charge in [-0.3, -0.25) is 33.7 Å². The number of halogens is 5. The number of aromatic amines is 1. The number of aryl methyl sites for hydroxylation is 1. The number of fused-ring (bicyclic) bond motifs is 2. The number of amides is 2. The molecule has 0 spiro atoms. The zero-order valence-corrected chi connectivity index (χ0v) is 30.8. The van der Waals surface area contributed by atoms with Gasteiger partial charge in [-0.2, -0.15) is 25.9 Å². The van der Waals surface area contributed by atoms with E-state index in [0.29, 0.717) is 37.2 Å². The second-order valence-corrected chi connectivity index (χ2v) is 16.1. The van der Waals surface area contributed by atoms with Gasteiger partial charge in [0.2, 0.25) is 11.8 Å². The normalized spacial score (nSPS) is 19.4. The Kier molecular flexibility index (Phi) is 8.95. The van der Waals surface area contributed by atoms with Crippen molar-refractivity contribution in [2.75, 3.05) is 48.9 Å². The van der Waals surface area contributed by atoms with Crippen LogP contribution in [0, 0.1) is 0 Å². The molecule has 3 aliphatic rings. The van der Waals surface area contributed by atoms with Crippen LogP contribution >= 0.6 is 23.2 Å². The molecular formula is C34H32Cl2F3N9O5S. The van der Waals surface area contributed by atoms with E-state index in [9.17, 15) is 36.0 Å². The van der Waals surface area contributed by atoms with Crippen LogP contribution in [0.2, 0.25) is 10.0 Å². The summed E-state index contributed by atoms with van der Waals surface area (Å²) in [5, 5.41) is 2.36. The van der Waals surface area contributed by atoms with Crippen LogP contribution in [0.3, 0.4) is 0 Å². The second-order valence-electron chi connectivity index (χ2n) is 13.6. The number of anilines is 2. The molecule has 5 aromatic rings. The zero-order chi connectivity index (χ0) is 38.3. The molecule has 0 radical (unpaired) electrons. The number of aromatic nitrogens is 4. The van der Waals surface area contributed by atoms with Crippen molar-refractivity contribution in [3.63, 3.8) is 0 Å². The number of carbonyl (C=O) groups is 2. The van der Waals surface area contributed by atoms with Gasteiger partial charge >= 0.3 is 22.1 Å². The first-order valence-corrected chi connectivity index (χ1v) is 19.1. The van der Waals surface area contributed by atoms with Crippen molar-refractivity contribution >= 4 is 78.7 Å². The largest absolute Gasteiger partial charge is 0.416 e. The minimum absolute atomic E-state index is 0.0272. The molecule has 3 saturated heterocycles. The molecule has 54 heavy (non-hydrogen) atoms. The first-order chi connectivity index (χ1) is 25.6. The number of piperazine rings is 1. The monoisotopic (exact) mass is 805 g/mol. The molecule has 20 heteroatoms. The Labute approximate surface area is 315 Å². The van der Waals surface area contributed by atoms with E-state index in [1.165, 1.54) is 31.6 Å². The third-order valence-corrected chi connectivity index (χ3v) is 12.3. The summed E-state index contributed by atoms with van der Waals surface area (Å²) in [7, 11) is -2.41. The van der Waals surface area contributed by atoms with Gasteiger partial charge in [-0.1, -0.05) is 23.2 Å². The van der Waals surface area contributed by atoms with Gasteiger partial charge in [0.1, 0.15) is 17.4 Å². The number of carbonyl (C=O) groups excluding carboxylic acids is 2. The molecule has 8 rings (SSSR count). The van der Waals surface area contributed by atoms with E-state index in [-0.39, 0.29) is 81.7 Å². The summed E-state index contributed by atoms with van der Waals surface area (Å²) in [5.41, 5.74) is 1.37. The van der Waals surface area contributed by atoms with Crippen LogP contribution in [-0.4, -0.2) is 93.8 Å². The maximum atomic E-state index is 13.6. The molecule has 14 nitrogen and oxygen atoms in total. The molecule has 3 aliphatic heterocycles. The highest BCUT2D eigenvalue weighted by atomic mass is 35.5. The van der Waals surface area contributed by atoms with Crippen molar-refractivity contribution in [2.24, 2.45) is 7.05 Å². The van der Waals surface area contributed by atoms with Crippen molar-refractivity contribution in [1.82, 2.24) is 33.6 Å². The molecule has 3 aromatic carbocycles. The topological polar surface area (TPSA) is 158 Å². The summed E-state index contributed by atoms with van der Waals surface area (Å²) in [6.07, 6.45) is -4.22. The third kappa shape index (κ3) is 6.48. The fourth-order valence-electron chi connectivity index (χ4n) is 7.36. The molecule has 3 fully saturated rings. The zero-order valence-electron chi connectivity index (χ0n) is 28.5. The van der Waals surface area contributed by atoms with Crippen LogP contribution in [0.5, 0.6) is 0 Å². The molecule has 1 atom stereocenters. The van der Waals surface area contributed by atoms with Crippen LogP contribution in [0.15, 0.2) is 53.3 Å². The van der Waals surface area contributed by atoms with E-state index >= 15 is 0 Å². The lowest BCUT2D eigenvalue weighted by atomic mass is 10.0. The highest BCUT2D eigenvalue weighted by molar-refractivity contribution is 7.90. The molecule has 3 N–H and O–H groups in total. The number of imide groups is 1. The van der Waals surface area contributed by atoms with Gasteiger partial charge in [0.05, 0.1) is 32.8 Å². The molecule has 0 saturated carbocycles. The predicted molar refractivity (Wildman–Crippen MR) is 197 cm³/mol. The van der Waals surface area contributed by atoms with Gasteiger partial charge in [-0.15, -0.1) is 0 Å². The minimum Gasteiger partial charge on any atom is -0.368 e. The van der Waals surface area contributed by atoms with Crippen molar-refractivity contribution < 1.29 is 31.2 Å². The molecule has 2 aromatic heterocycles. The molecule has 2 amide bonds. The first-order valence-electron chi connectivity index (χ1n) is 17.0. The number of hydrogen-bond acceptors (Lipinski definition) is 8. The lowest BCUT2D eigenvalue weighted by Crippen LogP contribution is -2.63. The smallest absolute Gasteiger partial charge is 0.368 e. The number of benzene rings is 3. The number of alkyl halides is 3. The number of rotatable bonds is 7. The van der Waals surface area contributed by atoms with E-state index < -0.39 is 33.9 Å². The number of hydrogen-bond donors (Lipinski definition) is 3. The summed E-state index contributed by atoms with van der Waals surface area (Å²) < 4.78 is 74.3. The number of nitrogens with one attached hydrogen (secondary N) is 3. The van der Waals surface area contributed by atoms with Gasteiger partial charge in [0.25, 0.3) is 0 Å². The SMILES string of the molecule is Cn1c(=O)n(C2CCC(=O)NC2=O)c2ccc(N3CC(N4CCN(S(=O)(=O)Nc5ccc(Cl)cc5-c5nc6c(Cl)cc(C(F)(F)F)cc6[nH]5)CC4)C3)cc21. The van der Waals surface area contributed by atoms with Crippen LogP contribution in [0.25, 0.3) is 33.5 Å². The minimum atomic E-state index is -4.63. The molecule has 0 aliphatic carbocycles. The Morgan fingerprint density at radius 2 is 1.69 bits per heavy atom. The quantitative estimate of drug-likeness (QED) is 0.205. The van der Waals surface area contributed by atoms with Crippen LogP contribution in [0.1, 0.15) is 24.4 Å². The Morgan fingerprint density at radius 1 is 0.944 bits per heavy atom. The van der Waals surface area contributed by atoms with Crippen molar-refractivity contribution in [2.45, 2.75) is 31.1 Å². The van der Waals surface area contributed by atoms with Gasteiger partial charge in [0.15, 0.2) is 0 Å². The van der Waals surface area contributed by atoms with Crippen LogP contribution in [0.4, 0.5) is 24.5 Å². The van der Waals surface area contributed by atoms with Crippen molar-refractivity contribution in [1.29, 1.82) is 0 Å². The van der Waals surface area contributed by atoms with E-state index in [2.05, 4.69) is 29.8 Å². The van der Waals surface area contributed by atoms with Gasteiger partial charge in [0, 0.05) is 75.1 Å². The van der Waals surface area contributed by atoms with Crippen molar-refractivity contribution in [3.8, 4) is 11.4 Å². The fourth-order valence-corrected chi connectivity index (χ4v) is 9.02. The van der Waals surface area contributed by atoms with Gasteiger partial charge < -0.3 is 9.88 Å². The highest BCUT2D eigenvalue weighted by Gasteiger charge is 2.37. The highest BCUT2D eigenvalue weighted by Crippen LogP contribution is 2.38. The first kappa shape index (κ1) is 36.4. The molecule has 5 heterocycles. The summed E-state index contributed by atoms with van der Waals surface area (Å²) in [5.74, 6) is -0.759. The summed E-state index contributed by atoms with van der Waals surface area (Å²) in [6.45, 7) is 2.79. The third-order valence-electron chi connectivity index (χ3n) is 10.3. The average molecular weight is 807 g/mol. The molecular weight excluding hydrogens is 774 g/mol. The van der Waals surface area contributed by atoms with Crippen LogP contribution in [-0.2, 0) is 33.0 Å². The average Bonchev–Trinajstić information content (AvgIpc) is 3.64. The second kappa shape index (κ2) is 13.3. The van der Waals surface area contributed by atoms with E-state index in [0.717, 1.165) is 17.8 Å². The molecule has 0 bridgehead atoms. The van der Waals surface area contributed by atoms with Gasteiger partial charge in [-0.05, 0) is 55.0 Å². The Morgan fingerprint density at radius 3 is 2.39 bits per heavy atom. The van der Waals surface area contributed by atoms with Crippen molar-refractivity contribution in [3.05, 3.63) is 74.6 Å². The van der Waals surface area contributed by atoms with E-state index in [1.54, 1.807) is 7.05 Å². The standard InChI is InChI=1S/C34H32Cl2F3N9O5S/c1-44-28-15-20(3-5-26(28)48(33(44)51)27-6-7-29(49)41-32(27)50)46-16-21(17-46)45-8-10-47(11-9-45)54(52,53)43-24-4-2-19(35)14-22(24)31-40-25-13-18(34(37,38)39)12-23(36)30(25)42-31/h2-5,12-15,21,27,43H,6-11,16-17H2,1H3,(H,40,42)(H,41,49,50). The Hall–Kier alpha value is -4.62. The summed E-state index contributed by atoms with van der Waals surface area (Å²) in [6, 6.07) is 11.1. The fraction of sp³-hybridized carbons (Fsp3) is 0.353. The van der Waals surface area contributed by atoms with E-state index in [4.69, 9.17) is 23.2 Å². The Balaban J connectivity index is 0.921. The number of nitrogens with zero attached hydrogens (tertiary/aromatic N) is 6. The van der Waals surface area contributed by atoms with Gasteiger partial charge in [-0.25, -0.2) is 9.78 Å². The summed E-state index contributed by atoms with van der Waals surface area (Å²) in [4.78, 5) is 48.9. The predicted octanol–water partition coefficient (Wildman–Crippen LogP) is 4.35. The lowest BCUT2D eigenvalue weighted by Gasteiger charge is -2.48. The lowest BCUT2D eigenvalue weighted by molar-refractivity contribution is -0.138. The number of H-pyrrole nitrogens is 1. The van der Waals surface area contributed by atoms with E-state index in [1.807, 2.05) is 18.2 Å². The maximum absolute atomic E-state index is 13.6.